The topological polar surface area (TPSA) is 65.3 Å². The van der Waals surface area contributed by atoms with E-state index in [1.165, 1.54) is 6.07 Å². The number of ether oxygens (including phenoxy) is 1. The third-order valence-corrected chi connectivity index (χ3v) is 1.28. The molecule has 0 aliphatic heterocycles. The van der Waals surface area contributed by atoms with E-state index < -0.39 is 29.4 Å². The molecule has 82 valence electrons. The molecular weight excluding hydrogens is 217 g/mol. The second-order valence-electron chi connectivity index (χ2n) is 2.49. The molecule has 0 aliphatic carbocycles. The molecule has 0 fully saturated rings. The van der Waals surface area contributed by atoms with Gasteiger partial charge >= 0.3 is 17.9 Å². The summed E-state index contributed by atoms with van der Waals surface area (Å²) in [5, 5.41) is 10.2. The molecule has 5 nitrogen and oxygen atoms in total. The van der Waals surface area contributed by atoms with Crippen molar-refractivity contribution >= 4 is 5.82 Å². The Morgan fingerprint density at radius 2 is 2.13 bits per heavy atom. The molecule has 0 N–H and O–H groups in total. The van der Waals surface area contributed by atoms with Gasteiger partial charge in [0.1, 0.15) is 0 Å². The molecule has 15 heavy (non-hydrogen) atoms. The molecular formula is C7H5F3N2O3. The quantitative estimate of drug-likeness (QED) is 0.578. The molecule has 0 saturated carbocycles. The fourth-order valence-electron chi connectivity index (χ4n) is 0.742. The van der Waals surface area contributed by atoms with Gasteiger partial charge in [0.25, 0.3) is 0 Å². The summed E-state index contributed by atoms with van der Waals surface area (Å²) < 4.78 is 39.4. The molecule has 0 unspecified atom stereocenters. The van der Waals surface area contributed by atoms with Crippen molar-refractivity contribution in [3.63, 3.8) is 0 Å². The Hall–Kier alpha value is -1.86. The van der Waals surface area contributed by atoms with Gasteiger partial charge in [0, 0.05) is 17.1 Å². The van der Waals surface area contributed by atoms with Gasteiger partial charge in [0.15, 0.2) is 6.61 Å². The lowest BCUT2D eigenvalue weighted by Crippen LogP contribution is -2.19. The normalized spacial score (nSPS) is 11.1. The Morgan fingerprint density at radius 3 is 2.67 bits per heavy atom. The Labute approximate surface area is 81.6 Å². The van der Waals surface area contributed by atoms with Crippen LogP contribution in [0.1, 0.15) is 0 Å². The number of nitro groups is 1. The maximum absolute atomic E-state index is 11.7. The van der Waals surface area contributed by atoms with Crippen molar-refractivity contribution in [1.82, 2.24) is 4.98 Å². The summed E-state index contributed by atoms with van der Waals surface area (Å²) >= 11 is 0. The van der Waals surface area contributed by atoms with E-state index in [9.17, 15) is 23.3 Å². The molecule has 1 aromatic rings. The summed E-state index contributed by atoms with van der Waals surface area (Å²) in [6, 6.07) is 3.36. The summed E-state index contributed by atoms with van der Waals surface area (Å²) in [6.45, 7) is -1.53. The van der Waals surface area contributed by atoms with Crippen molar-refractivity contribution in [2.75, 3.05) is 6.61 Å². The first-order valence-corrected chi connectivity index (χ1v) is 3.69. The molecule has 0 bridgehead atoms. The number of rotatable bonds is 3. The number of alkyl halides is 3. The molecule has 0 aliphatic rings. The van der Waals surface area contributed by atoms with Gasteiger partial charge in [-0.2, -0.15) is 13.2 Å². The molecule has 1 rings (SSSR count). The second-order valence-corrected chi connectivity index (χ2v) is 2.49. The number of aromatic nitrogens is 1. The van der Waals surface area contributed by atoms with E-state index in [0.29, 0.717) is 0 Å². The SMILES string of the molecule is O=[N+]([O-])c1cccc(OCC(F)(F)F)n1. The number of pyridine rings is 1. The Morgan fingerprint density at radius 1 is 1.47 bits per heavy atom. The van der Waals surface area contributed by atoms with Crippen LogP contribution in [0.2, 0.25) is 0 Å². The number of hydrogen-bond acceptors (Lipinski definition) is 4. The zero-order valence-corrected chi connectivity index (χ0v) is 7.19. The molecule has 1 heterocycles. The largest absolute Gasteiger partial charge is 0.450 e. The molecule has 0 saturated heterocycles. The third kappa shape index (κ3) is 3.79. The van der Waals surface area contributed by atoms with Gasteiger partial charge in [0.2, 0.25) is 0 Å². The van der Waals surface area contributed by atoms with Crippen LogP contribution in [0.3, 0.4) is 0 Å². The average Bonchev–Trinajstić information content (AvgIpc) is 2.14. The van der Waals surface area contributed by atoms with E-state index in [1.54, 1.807) is 0 Å². The van der Waals surface area contributed by atoms with E-state index in [1.807, 2.05) is 0 Å². The summed E-state index contributed by atoms with van der Waals surface area (Å²) in [6.07, 6.45) is -4.49. The van der Waals surface area contributed by atoms with Crippen molar-refractivity contribution in [3.8, 4) is 5.88 Å². The lowest BCUT2D eigenvalue weighted by Gasteiger charge is -2.05. The van der Waals surface area contributed by atoms with Gasteiger partial charge in [-0.1, -0.05) is 0 Å². The Balaban J connectivity index is 2.70. The van der Waals surface area contributed by atoms with Crippen molar-refractivity contribution in [2.45, 2.75) is 6.18 Å². The minimum atomic E-state index is -4.49. The molecule has 1 aromatic heterocycles. The number of hydrogen-bond donors (Lipinski definition) is 0. The zero-order chi connectivity index (χ0) is 11.5. The predicted octanol–water partition coefficient (Wildman–Crippen LogP) is 1.93. The van der Waals surface area contributed by atoms with Crippen LogP contribution < -0.4 is 4.74 Å². The molecule has 0 aromatic carbocycles. The van der Waals surface area contributed by atoms with Crippen LogP contribution in [0.4, 0.5) is 19.0 Å². The van der Waals surface area contributed by atoms with Gasteiger partial charge in [-0.05, 0) is 11.0 Å². The van der Waals surface area contributed by atoms with Crippen LogP contribution in [0.25, 0.3) is 0 Å². The summed E-state index contributed by atoms with van der Waals surface area (Å²) in [5.74, 6) is -0.990. The van der Waals surface area contributed by atoms with E-state index in [-0.39, 0.29) is 0 Å². The highest BCUT2D eigenvalue weighted by molar-refractivity contribution is 5.24. The minimum absolute atomic E-state index is 0.429. The van der Waals surface area contributed by atoms with E-state index >= 15 is 0 Å². The highest BCUT2D eigenvalue weighted by atomic mass is 19.4. The molecule has 0 spiro atoms. The summed E-state index contributed by atoms with van der Waals surface area (Å²) in [5.41, 5.74) is 0. The first-order chi connectivity index (χ1) is 6.88. The van der Waals surface area contributed by atoms with Gasteiger partial charge in [-0.15, -0.1) is 0 Å². The summed E-state index contributed by atoms with van der Waals surface area (Å²) in [4.78, 5) is 12.7. The zero-order valence-electron chi connectivity index (χ0n) is 7.19. The molecule has 0 amide bonds. The fourth-order valence-corrected chi connectivity index (χ4v) is 0.742. The summed E-state index contributed by atoms with van der Waals surface area (Å²) in [7, 11) is 0. The first-order valence-electron chi connectivity index (χ1n) is 3.69. The van der Waals surface area contributed by atoms with E-state index in [2.05, 4.69) is 9.72 Å². The third-order valence-electron chi connectivity index (χ3n) is 1.28. The lowest BCUT2D eigenvalue weighted by atomic mass is 10.4. The van der Waals surface area contributed by atoms with Crippen LogP contribution >= 0.6 is 0 Å². The monoisotopic (exact) mass is 222 g/mol. The maximum atomic E-state index is 11.7. The van der Waals surface area contributed by atoms with Gasteiger partial charge < -0.3 is 14.9 Å². The van der Waals surface area contributed by atoms with Crippen LogP contribution in [0.5, 0.6) is 5.88 Å². The Kier molecular flexibility index (Phi) is 3.08. The maximum Gasteiger partial charge on any atom is 0.422 e. The van der Waals surface area contributed by atoms with E-state index in [4.69, 9.17) is 0 Å². The minimum Gasteiger partial charge on any atom is -0.450 e. The molecule has 0 radical (unpaired) electrons. The van der Waals surface area contributed by atoms with Crippen molar-refractivity contribution < 1.29 is 22.8 Å². The van der Waals surface area contributed by atoms with Crippen molar-refractivity contribution in [1.29, 1.82) is 0 Å². The van der Waals surface area contributed by atoms with Crippen molar-refractivity contribution in [2.24, 2.45) is 0 Å². The smallest absolute Gasteiger partial charge is 0.422 e. The lowest BCUT2D eigenvalue weighted by molar-refractivity contribution is -0.389. The number of nitrogens with zero attached hydrogens (tertiary/aromatic N) is 2. The average molecular weight is 222 g/mol. The van der Waals surface area contributed by atoms with Crippen LogP contribution in [-0.4, -0.2) is 22.7 Å². The Bertz CT molecular complexity index is 367. The van der Waals surface area contributed by atoms with Gasteiger partial charge in [-0.25, -0.2) is 0 Å². The van der Waals surface area contributed by atoms with Crippen molar-refractivity contribution in [3.05, 3.63) is 28.3 Å². The highest BCUT2D eigenvalue weighted by Gasteiger charge is 2.29. The standard InChI is InChI=1S/C7H5F3N2O3/c8-7(9,10)4-15-6-3-1-2-5(11-6)12(13)14/h1-3H,4H2. The number of halogens is 3. The predicted molar refractivity (Wildman–Crippen MR) is 42.4 cm³/mol. The highest BCUT2D eigenvalue weighted by Crippen LogP contribution is 2.18. The molecule has 8 heteroatoms. The van der Waals surface area contributed by atoms with Gasteiger partial charge in [-0.3, -0.25) is 0 Å². The first kappa shape index (κ1) is 11.2. The van der Waals surface area contributed by atoms with Crippen LogP contribution in [0, 0.1) is 10.1 Å². The second kappa shape index (κ2) is 4.11. The fraction of sp³-hybridized carbons (Fsp3) is 0.286. The van der Waals surface area contributed by atoms with Gasteiger partial charge in [0.05, 0.1) is 0 Å². The van der Waals surface area contributed by atoms with Crippen LogP contribution in [0.15, 0.2) is 18.2 Å². The van der Waals surface area contributed by atoms with E-state index in [0.717, 1.165) is 12.1 Å². The van der Waals surface area contributed by atoms with Crippen LogP contribution in [-0.2, 0) is 0 Å². The molecule has 0 atom stereocenters.